The van der Waals surface area contributed by atoms with Gasteiger partial charge in [-0.1, -0.05) is 18.2 Å². The number of methoxy groups -OCH3 is 1. The Bertz CT molecular complexity index is 868. The monoisotopic (exact) mass is 394 g/mol. The number of alkyl halides is 3. The number of rotatable bonds is 4. The van der Waals surface area contributed by atoms with Gasteiger partial charge in [0.05, 0.1) is 30.8 Å². The van der Waals surface area contributed by atoms with Crippen molar-refractivity contribution in [2.45, 2.75) is 25.2 Å². The van der Waals surface area contributed by atoms with Crippen LogP contribution < -0.4 is 10.1 Å². The summed E-state index contributed by atoms with van der Waals surface area (Å²) in [7, 11) is 1.23. The molecule has 0 saturated heterocycles. The number of halogens is 3. The van der Waals surface area contributed by atoms with Crippen LogP contribution in [0.4, 0.5) is 13.2 Å². The van der Waals surface area contributed by atoms with Crippen molar-refractivity contribution in [2.24, 2.45) is 5.92 Å². The molecule has 1 aliphatic heterocycles. The number of fused-ring (bicyclic) bond motifs is 1. The molecule has 0 spiro atoms. The average molecular weight is 394 g/mol. The zero-order valence-electron chi connectivity index (χ0n) is 14.8. The number of ether oxygens (including phenoxy) is 2. The molecule has 0 unspecified atom stereocenters. The standard InChI is InChI=1S/C19H17F3N2O4/c1-27-18(26)12-6-7-13(23-9-12)10-24-17(25)14-8-11-4-2-3-5-15(11)28-16(14)19(20,21)22/h2-7,9,14,16H,8,10H2,1H3,(H,24,25)/t14-,16-/m1/s1. The molecule has 6 nitrogen and oxygen atoms in total. The molecule has 2 heterocycles. The molecule has 1 aromatic carbocycles. The van der Waals surface area contributed by atoms with E-state index in [1.807, 2.05) is 0 Å². The highest BCUT2D eigenvalue weighted by Crippen LogP contribution is 2.38. The Kier molecular flexibility index (Phi) is 5.53. The lowest BCUT2D eigenvalue weighted by atomic mass is 9.89. The SMILES string of the molecule is COC(=O)c1ccc(CNC(=O)[C@@H]2Cc3ccccc3O[C@H]2C(F)(F)F)nc1. The fourth-order valence-corrected chi connectivity index (χ4v) is 2.95. The summed E-state index contributed by atoms with van der Waals surface area (Å²) in [5.41, 5.74) is 1.16. The molecule has 9 heteroatoms. The van der Waals surface area contributed by atoms with Gasteiger partial charge in [0, 0.05) is 6.20 Å². The lowest BCUT2D eigenvalue weighted by Crippen LogP contribution is -2.50. The zero-order valence-corrected chi connectivity index (χ0v) is 14.8. The minimum Gasteiger partial charge on any atom is -0.480 e. The summed E-state index contributed by atoms with van der Waals surface area (Å²) < 4.78 is 49.8. The second-order valence-corrected chi connectivity index (χ2v) is 6.25. The number of hydrogen-bond acceptors (Lipinski definition) is 5. The first-order valence-corrected chi connectivity index (χ1v) is 8.42. The van der Waals surface area contributed by atoms with Crippen molar-refractivity contribution >= 4 is 11.9 Å². The third-order valence-electron chi connectivity index (χ3n) is 4.38. The van der Waals surface area contributed by atoms with Crippen LogP contribution >= 0.6 is 0 Å². The van der Waals surface area contributed by atoms with E-state index in [2.05, 4.69) is 15.0 Å². The quantitative estimate of drug-likeness (QED) is 0.807. The molecule has 0 bridgehead atoms. The molecule has 1 N–H and O–H groups in total. The molecule has 1 aromatic heterocycles. The maximum Gasteiger partial charge on any atom is 0.426 e. The van der Waals surface area contributed by atoms with Gasteiger partial charge in [0.2, 0.25) is 12.0 Å². The van der Waals surface area contributed by atoms with Gasteiger partial charge in [-0.15, -0.1) is 0 Å². The van der Waals surface area contributed by atoms with Crippen LogP contribution in [0, 0.1) is 5.92 Å². The Hall–Kier alpha value is -3.10. The van der Waals surface area contributed by atoms with Gasteiger partial charge in [-0.3, -0.25) is 9.78 Å². The molecule has 2 aromatic rings. The van der Waals surface area contributed by atoms with E-state index in [1.54, 1.807) is 18.2 Å². The number of hydrogen-bond donors (Lipinski definition) is 1. The predicted molar refractivity (Wildman–Crippen MR) is 91.5 cm³/mol. The molecule has 1 aliphatic rings. The summed E-state index contributed by atoms with van der Waals surface area (Å²) in [5, 5.41) is 2.47. The number of nitrogens with zero attached hydrogens (tertiary/aromatic N) is 1. The number of benzene rings is 1. The predicted octanol–water partition coefficient (Wildman–Crippen LogP) is 2.67. The number of aromatic nitrogens is 1. The first kappa shape index (κ1) is 19.7. The normalized spacial score (nSPS) is 18.6. The number of para-hydroxylation sites is 1. The van der Waals surface area contributed by atoms with Gasteiger partial charge in [-0.05, 0) is 30.2 Å². The van der Waals surface area contributed by atoms with Gasteiger partial charge in [0.15, 0.2) is 0 Å². The van der Waals surface area contributed by atoms with Crippen LogP contribution in [0.1, 0.15) is 21.6 Å². The van der Waals surface area contributed by atoms with E-state index < -0.39 is 30.1 Å². The molecular weight excluding hydrogens is 377 g/mol. The third kappa shape index (κ3) is 4.24. The van der Waals surface area contributed by atoms with Gasteiger partial charge in [-0.2, -0.15) is 13.2 Å². The van der Waals surface area contributed by atoms with Gasteiger partial charge in [0.1, 0.15) is 5.75 Å². The summed E-state index contributed by atoms with van der Waals surface area (Å²) in [6.07, 6.45) is -5.72. The molecule has 3 rings (SSSR count). The van der Waals surface area contributed by atoms with Crippen molar-refractivity contribution in [3.63, 3.8) is 0 Å². The van der Waals surface area contributed by atoms with Gasteiger partial charge in [0.25, 0.3) is 0 Å². The van der Waals surface area contributed by atoms with Crippen LogP contribution in [0.15, 0.2) is 42.6 Å². The van der Waals surface area contributed by atoms with Gasteiger partial charge in [-0.25, -0.2) is 4.79 Å². The number of esters is 1. The van der Waals surface area contributed by atoms with Crippen LogP contribution in [0.25, 0.3) is 0 Å². The summed E-state index contributed by atoms with van der Waals surface area (Å²) in [6, 6.07) is 9.29. The lowest BCUT2D eigenvalue weighted by Gasteiger charge is -2.33. The maximum atomic E-state index is 13.4. The lowest BCUT2D eigenvalue weighted by molar-refractivity contribution is -0.213. The smallest absolute Gasteiger partial charge is 0.426 e. The second kappa shape index (κ2) is 7.87. The Morgan fingerprint density at radius 1 is 1.25 bits per heavy atom. The van der Waals surface area contributed by atoms with Crippen LogP contribution in [0.5, 0.6) is 5.75 Å². The van der Waals surface area contributed by atoms with E-state index >= 15 is 0 Å². The molecule has 28 heavy (non-hydrogen) atoms. The van der Waals surface area contributed by atoms with Crippen molar-refractivity contribution < 1.29 is 32.2 Å². The van der Waals surface area contributed by atoms with E-state index in [4.69, 9.17) is 4.74 Å². The summed E-state index contributed by atoms with van der Waals surface area (Å²) in [5.74, 6) is -2.62. The Balaban J connectivity index is 1.70. The highest BCUT2D eigenvalue weighted by Gasteiger charge is 2.51. The maximum absolute atomic E-state index is 13.4. The number of pyridine rings is 1. The van der Waals surface area contributed by atoms with E-state index in [0.29, 0.717) is 11.3 Å². The number of carbonyl (C=O) groups excluding carboxylic acids is 2. The van der Waals surface area contributed by atoms with Crippen LogP contribution in [0.2, 0.25) is 0 Å². The van der Waals surface area contributed by atoms with Crippen molar-refractivity contribution in [1.82, 2.24) is 10.3 Å². The third-order valence-corrected chi connectivity index (χ3v) is 4.38. The average Bonchev–Trinajstić information content (AvgIpc) is 2.70. The van der Waals surface area contributed by atoms with Gasteiger partial charge >= 0.3 is 12.1 Å². The fourth-order valence-electron chi connectivity index (χ4n) is 2.95. The minimum atomic E-state index is -4.68. The molecule has 2 atom stereocenters. The summed E-state index contributed by atoms with van der Waals surface area (Å²) in [6.45, 7) is -0.0803. The summed E-state index contributed by atoms with van der Waals surface area (Å²) in [4.78, 5) is 27.8. The number of carbonyl (C=O) groups is 2. The van der Waals surface area contributed by atoms with E-state index in [0.717, 1.165) is 0 Å². The van der Waals surface area contributed by atoms with Crippen LogP contribution in [-0.4, -0.2) is 36.3 Å². The first-order chi connectivity index (χ1) is 13.3. The number of amides is 1. The highest BCUT2D eigenvalue weighted by atomic mass is 19.4. The topological polar surface area (TPSA) is 77.5 Å². The molecule has 0 saturated carbocycles. The van der Waals surface area contributed by atoms with E-state index in [1.165, 1.54) is 31.5 Å². The number of nitrogens with one attached hydrogen (secondary N) is 1. The molecular formula is C19H17F3N2O4. The van der Waals surface area contributed by atoms with Crippen molar-refractivity contribution in [3.05, 3.63) is 59.4 Å². The first-order valence-electron chi connectivity index (χ1n) is 8.42. The molecule has 1 amide bonds. The Morgan fingerprint density at radius 2 is 2.00 bits per heavy atom. The Labute approximate surface area is 158 Å². The zero-order chi connectivity index (χ0) is 20.3. The van der Waals surface area contributed by atoms with E-state index in [-0.39, 0.29) is 24.3 Å². The largest absolute Gasteiger partial charge is 0.480 e. The highest BCUT2D eigenvalue weighted by molar-refractivity contribution is 5.88. The van der Waals surface area contributed by atoms with E-state index in [9.17, 15) is 22.8 Å². The molecule has 0 aliphatic carbocycles. The minimum absolute atomic E-state index is 0.0803. The molecule has 148 valence electrons. The summed E-state index contributed by atoms with van der Waals surface area (Å²) >= 11 is 0. The van der Waals surface area contributed by atoms with Gasteiger partial charge < -0.3 is 14.8 Å². The fraction of sp³-hybridized carbons (Fsp3) is 0.316. The Morgan fingerprint density at radius 3 is 2.64 bits per heavy atom. The molecule has 0 fully saturated rings. The van der Waals surface area contributed by atoms with Crippen molar-refractivity contribution in [3.8, 4) is 5.75 Å². The van der Waals surface area contributed by atoms with Crippen LogP contribution in [-0.2, 0) is 22.5 Å². The van der Waals surface area contributed by atoms with Crippen molar-refractivity contribution in [1.29, 1.82) is 0 Å². The second-order valence-electron chi connectivity index (χ2n) is 6.25. The van der Waals surface area contributed by atoms with Crippen LogP contribution in [0.3, 0.4) is 0 Å². The van der Waals surface area contributed by atoms with Crippen molar-refractivity contribution in [2.75, 3.05) is 7.11 Å². The molecule has 0 radical (unpaired) electrons.